The van der Waals surface area contributed by atoms with Crippen LogP contribution in [-0.2, 0) is 0 Å². The van der Waals surface area contributed by atoms with E-state index in [-0.39, 0.29) is 5.91 Å². The average molecular weight is 358 g/mol. The van der Waals surface area contributed by atoms with Crippen LogP contribution in [0.5, 0.6) is 0 Å². The van der Waals surface area contributed by atoms with Gasteiger partial charge in [-0.05, 0) is 64.5 Å². The normalized spacial score (nSPS) is 23.6. The third kappa shape index (κ3) is 3.43. The largest absolute Gasteiger partial charge is 0.341 e. The van der Waals surface area contributed by atoms with Crippen LogP contribution >= 0.6 is 0 Å². The van der Waals surface area contributed by atoms with Crippen LogP contribution in [0.15, 0.2) is 6.20 Å². The summed E-state index contributed by atoms with van der Waals surface area (Å²) in [7, 11) is 2.21. The molecule has 1 spiro atoms. The molecule has 0 saturated carbocycles. The van der Waals surface area contributed by atoms with E-state index in [0.717, 1.165) is 50.7 Å². The van der Waals surface area contributed by atoms with E-state index in [1.54, 1.807) is 6.20 Å². The fraction of sp³-hybridized carbons (Fsp3) is 0.750. The third-order valence-electron chi connectivity index (χ3n) is 6.58. The molecule has 3 aliphatic heterocycles. The Morgan fingerprint density at radius 2 is 1.73 bits per heavy atom. The second-order valence-corrected chi connectivity index (χ2v) is 8.50. The van der Waals surface area contributed by atoms with E-state index in [1.807, 2.05) is 11.8 Å². The first kappa shape index (κ1) is 17.7. The van der Waals surface area contributed by atoms with E-state index < -0.39 is 0 Å². The number of anilines is 1. The van der Waals surface area contributed by atoms with E-state index in [9.17, 15) is 4.79 Å². The van der Waals surface area contributed by atoms with Crippen LogP contribution in [0.4, 0.5) is 5.95 Å². The van der Waals surface area contributed by atoms with Crippen LogP contribution in [-0.4, -0.2) is 72.0 Å². The molecular weight excluding hydrogens is 326 g/mol. The Balaban J connectivity index is 1.42. The first-order valence-electron chi connectivity index (χ1n) is 10.1. The first-order valence-corrected chi connectivity index (χ1v) is 10.1. The number of aromatic nitrogens is 2. The zero-order chi connectivity index (χ0) is 18.1. The Labute approximate surface area is 156 Å². The van der Waals surface area contributed by atoms with Gasteiger partial charge in [0.05, 0.1) is 11.3 Å². The molecular formula is C20H31N5O. The molecule has 0 aliphatic carbocycles. The van der Waals surface area contributed by atoms with E-state index in [1.165, 1.54) is 38.8 Å². The fourth-order valence-electron chi connectivity index (χ4n) is 4.83. The summed E-state index contributed by atoms with van der Waals surface area (Å²) < 4.78 is 0. The highest BCUT2D eigenvalue weighted by Gasteiger charge is 2.40. The zero-order valence-electron chi connectivity index (χ0n) is 16.2. The topological polar surface area (TPSA) is 52.6 Å². The van der Waals surface area contributed by atoms with Gasteiger partial charge < -0.3 is 14.7 Å². The number of carbonyl (C=O) groups excluding carboxylic acids is 1. The van der Waals surface area contributed by atoms with Crippen LogP contribution in [0.3, 0.4) is 0 Å². The summed E-state index contributed by atoms with van der Waals surface area (Å²) in [6, 6.07) is 0. The maximum absolute atomic E-state index is 13.0. The molecule has 6 heteroatoms. The van der Waals surface area contributed by atoms with Crippen LogP contribution in [0.2, 0.25) is 0 Å². The molecule has 26 heavy (non-hydrogen) atoms. The Bertz CT molecular complexity index is 662. The van der Waals surface area contributed by atoms with Crippen molar-refractivity contribution in [2.75, 3.05) is 51.2 Å². The number of likely N-dealkylation sites (tertiary alicyclic amines) is 2. The quantitative estimate of drug-likeness (QED) is 0.813. The molecule has 0 radical (unpaired) electrons. The number of rotatable bonds is 2. The second-order valence-electron chi connectivity index (χ2n) is 8.50. The summed E-state index contributed by atoms with van der Waals surface area (Å²) in [5.74, 6) is 0.888. The van der Waals surface area contributed by atoms with E-state index >= 15 is 0 Å². The summed E-state index contributed by atoms with van der Waals surface area (Å²) in [6.07, 6.45) is 8.96. The van der Waals surface area contributed by atoms with Crippen molar-refractivity contribution in [3.8, 4) is 0 Å². The molecule has 0 aromatic carbocycles. The maximum atomic E-state index is 13.0. The number of amides is 1. The van der Waals surface area contributed by atoms with Gasteiger partial charge in [-0.2, -0.15) is 0 Å². The van der Waals surface area contributed by atoms with Gasteiger partial charge in [0.1, 0.15) is 0 Å². The van der Waals surface area contributed by atoms with Gasteiger partial charge in [0.2, 0.25) is 5.95 Å². The van der Waals surface area contributed by atoms with Crippen molar-refractivity contribution < 1.29 is 4.79 Å². The lowest BCUT2D eigenvalue weighted by Gasteiger charge is -2.39. The predicted molar refractivity (Wildman–Crippen MR) is 103 cm³/mol. The van der Waals surface area contributed by atoms with E-state index in [2.05, 4.69) is 26.8 Å². The molecule has 142 valence electrons. The SMILES string of the molecule is Cc1nc(N2CCCCC2)ncc1C(=O)N1CCC2(CCN(C)C2)CC1. The molecule has 0 atom stereocenters. The van der Waals surface area contributed by atoms with Gasteiger partial charge in [-0.3, -0.25) is 4.79 Å². The molecule has 3 fully saturated rings. The smallest absolute Gasteiger partial charge is 0.257 e. The van der Waals surface area contributed by atoms with Crippen molar-refractivity contribution in [1.29, 1.82) is 0 Å². The lowest BCUT2D eigenvalue weighted by Crippen LogP contribution is -2.44. The van der Waals surface area contributed by atoms with E-state index in [4.69, 9.17) is 0 Å². The van der Waals surface area contributed by atoms with Crippen molar-refractivity contribution in [3.63, 3.8) is 0 Å². The van der Waals surface area contributed by atoms with Gasteiger partial charge in [0.15, 0.2) is 0 Å². The minimum atomic E-state index is 0.105. The Morgan fingerprint density at radius 3 is 2.35 bits per heavy atom. The number of hydrogen-bond donors (Lipinski definition) is 0. The lowest BCUT2D eigenvalue weighted by molar-refractivity contribution is 0.0592. The van der Waals surface area contributed by atoms with Crippen LogP contribution in [0.25, 0.3) is 0 Å². The molecule has 4 rings (SSSR count). The average Bonchev–Trinajstić information content (AvgIpc) is 3.02. The Hall–Kier alpha value is -1.69. The highest BCUT2D eigenvalue weighted by molar-refractivity contribution is 5.95. The van der Waals surface area contributed by atoms with Gasteiger partial charge in [0, 0.05) is 38.9 Å². The first-order chi connectivity index (χ1) is 12.6. The summed E-state index contributed by atoms with van der Waals surface area (Å²) in [6.45, 7) is 8.09. The fourth-order valence-corrected chi connectivity index (χ4v) is 4.83. The van der Waals surface area contributed by atoms with Crippen LogP contribution < -0.4 is 4.90 Å². The van der Waals surface area contributed by atoms with Gasteiger partial charge >= 0.3 is 0 Å². The number of nitrogens with zero attached hydrogens (tertiary/aromatic N) is 5. The zero-order valence-corrected chi connectivity index (χ0v) is 16.2. The molecule has 3 aliphatic rings. The molecule has 0 unspecified atom stereocenters. The van der Waals surface area contributed by atoms with Crippen LogP contribution in [0.1, 0.15) is 54.6 Å². The number of piperidine rings is 2. The van der Waals surface area contributed by atoms with Crippen molar-refractivity contribution in [2.24, 2.45) is 5.41 Å². The molecule has 4 heterocycles. The monoisotopic (exact) mass is 357 g/mol. The van der Waals surface area contributed by atoms with Gasteiger partial charge in [-0.25, -0.2) is 9.97 Å². The summed E-state index contributed by atoms with van der Waals surface area (Å²) >= 11 is 0. The molecule has 3 saturated heterocycles. The molecule has 0 N–H and O–H groups in total. The summed E-state index contributed by atoms with van der Waals surface area (Å²) in [4.78, 5) is 28.8. The van der Waals surface area contributed by atoms with Gasteiger partial charge in [0.25, 0.3) is 5.91 Å². The van der Waals surface area contributed by atoms with Crippen molar-refractivity contribution >= 4 is 11.9 Å². The maximum Gasteiger partial charge on any atom is 0.257 e. The van der Waals surface area contributed by atoms with E-state index in [0.29, 0.717) is 11.0 Å². The van der Waals surface area contributed by atoms with Gasteiger partial charge in [-0.15, -0.1) is 0 Å². The highest BCUT2D eigenvalue weighted by Crippen LogP contribution is 2.40. The Morgan fingerprint density at radius 1 is 1.04 bits per heavy atom. The van der Waals surface area contributed by atoms with Crippen molar-refractivity contribution in [1.82, 2.24) is 19.8 Å². The minimum absolute atomic E-state index is 0.105. The molecule has 0 bridgehead atoms. The Kier molecular flexibility index (Phi) is 4.86. The standard InChI is InChI=1S/C20H31N5O/c1-16-17(14-21-19(22-16)25-9-4-3-5-10-25)18(26)24-12-7-20(8-13-24)6-11-23(2)15-20/h14H,3-13,15H2,1-2H3. The van der Waals surface area contributed by atoms with Gasteiger partial charge in [-0.1, -0.05) is 0 Å². The third-order valence-corrected chi connectivity index (χ3v) is 6.58. The number of hydrogen-bond acceptors (Lipinski definition) is 5. The number of carbonyl (C=O) groups is 1. The second kappa shape index (κ2) is 7.14. The highest BCUT2D eigenvalue weighted by atomic mass is 16.2. The number of aryl methyl sites for hydroxylation is 1. The summed E-state index contributed by atoms with van der Waals surface area (Å²) in [5, 5.41) is 0. The summed E-state index contributed by atoms with van der Waals surface area (Å²) in [5.41, 5.74) is 1.92. The molecule has 6 nitrogen and oxygen atoms in total. The molecule has 1 aromatic rings. The van der Waals surface area contributed by atoms with Crippen molar-refractivity contribution in [3.05, 3.63) is 17.5 Å². The molecule has 1 aromatic heterocycles. The predicted octanol–water partition coefficient (Wildman–Crippen LogP) is 2.33. The van der Waals surface area contributed by atoms with Crippen LogP contribution in [0, 0.1) is 12.3 Å². The van der Waals surface area contributed by atoms with Crippen molar-refractivity contribution in [2.45, 2.75) is 45.4 Å². The lowest BCUT2D eigenvalue weighted by atomic mass is 9.77. The minimum Gasteiger partial charge on any atom is -0.341 e. The molecule has 1 amide bonds.